The number of carbonyl (C=O) groups is 3. The molecule has 32 heavy (non-hydrogen) atoms. The predicted molar refractivity (Wildman–Crippen MR) is 115 cm³/mol. The Kier molecular flexibility index (Phi) is 5.08. The zero-order valence-electron chi connectivity index (χ0n) is 17.7. The Bertz CT molecular complexity index is 1190. The van der Waals surface area contributed by atoms with Crippen LogP contribution in [0.25, 0.3) is 11.0 Å². The van der Waals surface area contributed by atoms with Crippen LogP contribution in [-0.4, -0.2) is 75.6 Å². The summed E-state index contributed by atoms with van der Waals surface area (Å²) in [6, 6.07) is 12.3. The van der Waals surface area contributed by atoms with E-state index in [1.54, 1.807) is 41.3 Å². The maximum Gasteiger partial charge on any atom is 0.260 e. The molecule has 2 aliphatic heterocycles. The second-order valence-electron chi connectivity index (χ2n) is 8.41. The van der Waals surface area contributed by atoms with Gasteiger partial charge in [-0.3, -0.25) is 19.5 Å². The first-order valence-electron chi connectivity index (χ1n) is 10.6. The van der Waals surface area contributed by atoms with Gasteiger partial charge in [-0.05, 0) is 37.3 Å². The third-order valence-electron chi connectivity index (χ3n) is 6.32. The Morgan fingerprint density at radius 2 is 1.75 bits per heavy atom. The normalized spacial score (nSPS) is 19.9. The second-order valence-corrected chi connectivity index (χ2v) is 8.41. The Hall–Kier alpha value is -3.75. The quantitative estimate of drug-likeness (QED) is 0.615. The van der Waals surface area contributed by atoms with Gasteiger partial charge in [0.25, 0.3) is 11.8 Å². The van der Waals surface area contributed by atoms with Crippen LogP contribution >= 0.6 is 0 Å². The van der Waals surface area contributed by atoms with Crippen molar-refractivity contribution in [3.8, 4) is 5.75 Å². The van der Waals surface area contributed by atoms with E-state index in [0.29, 0.717) is 48.6 Å². The summed E-state index contributed by atoms with van der Waals surface area (Å²) in [6.07, 6.45) is 0. The van der Waals surface area contributed by atoms with Crippen molar-refractivity contribution in [1.29, 1.82) is 0 Å². The van der Waals surface area contributed by atoms with Gasteiger partial charge in [-0.1, -0.05) is 17.3 Å². The fourth-order valence-corrected chi connectivity index (χ4v) is 4.63. The third-order valence-corrected chi connectivity index (χ3v) is 6.32. The molecule has 2 atom stereocenters. The molecule has 0 spiro atoms. The van der Waals surface area contributed by atoms with Crippen molar-refractivity contribution in [3.63, 3.8) is 0 Å². The molecule has 0 radical (unpaired) electrons. The zero-order valence-corrected chi connectivity index (χ0v) is 17.7. The lowest BCUT2D eigenvalue weighted by Crippen LogP contribution is -2.37. The monoisotopic (exact) mass is 433 g/mol. The van der Waals surface area contributed by atoms with Crippen molar-refractivity contribution < 1.29 is 19.1 Å². The SMILES string of the molecule is CC(=O)c1ccccc1OCC(=O)N1C[C@H]2CN(C(=O)c3ccc4[nH]nnc4c3)C[C@@H]2C1. The van der Waals surface area contributed by atoms with Crippen molar-refractivity contribution in [3.05, 3.63) is 53.6 Å². The van der Waals surface area contributed by atoms with Gasteiger partial charge in [-0.15, -0.1) is 5.10 Å². The van der Waals surface area contributed by atoms with Crippen molar-refractivity contribution in [2.75, 3.05) is 32.8 Å². The van der Waals surface area contributed by atoms with Gasteiger partial charge in [-0.25, -0.2) is 0 Å². The van der Waals surface area contributed by atoms with E-state index in [4.69, 9.17) is 4.74 Å². The van der Waals surface area contributed by atoms with Crippen LogP contribution in [0.4, 0.5) is 0 Å². The molecule has 1 N–H and O–H groups in total. The van der Waals surface area contributed by atoms with E-state index in [1.165, 1.54) is 6.92 Å². The van der Waals surface area contributed by atoms with Crippen LogP contribution in [0, 0.1) is 11.8 Å². The average Bonchev–Trinajstić information content (AvgIpc) is 3.51. The van der Waals surface area contributed by atoms with Crippen LogP contribution in [-0.2, 0) is 4.79 Å². The number of benzene rings is 2. The van der Waals surface area contributed by atoms with Crippen molar-refractivity contribution in [2.24, 2.45) is 11.8 Å². The summed E-state index contributed by atoms with van der Waals surface area (Å²) in [7, 11) is 0. The van der Waals surface area contributed by atoms with Crippen LogP contribution in [0.3, 0.4) is 0 Å². The van der Waals surface area contributed by atoms with Crippen LogP contribution in [0.15, 0.2) is 42.5 Å². The van der Waals surface area contributed by atoms with E-state index in [9.17, 15) is 14.4 Å². The maximum absolute atomic E-state index is 12.9. The van der Waals surface area contributed by atoms with E-state index < -0.39 is 0 Å². The summed E-state index contributed by atoms with van der Waals surface area (Å²) in [6.45, 7) is 3.82. The number of fused-ring (bicyclic) bond motifs is 2. The molecule has 2 fully saturated rings. The summed E-state index contributed by atoms with van der Waals surface area (Å²) < 4.78 is 5.65. The number of hydrogen-bond acceptors (Lipinski definition) is 6. The van der Waals surface area contributed by atoms with Crippen LogP contribution in [0.1, 0.15) is 27.6 Å². The van der Waals surface area contributed by atoms with E-state index in [1.807, 2.05) is 11.0 Å². The number of hydrogen-bond donors (Lipinski definition) is 1. The molecule has 0 aliphatic carbocycles. The molecule has 3 aromatic rings. The van der Waals surface area contributed by atoms with Gasteiger partial charge < -0.3 is 14.5 Å². The Labute approximate surface area is 184 Å². The number of aromatic nitrogens is 3. The smallest absolute Gasteiger partial charge is 0.260 e. The molecule has 0 unspecified atom stereocenters. The standard InChI is InChI=1S/C23H23N5O4/c1-14(29)18-4-2-3-5-21(18)32-13-22(30)27-9-16-11-28(12-17(16)10-27)23(31)15-6-7-19-20(8-15)25-26-24-19/h2-8,16-17H,9-13H2,1H3,(H,24,25,26)/t16-,17-/m0/s1. The lowest BCUT2D eigenvalue weighted by Gasteiger charge is -2.22. The van der Waals surface area contributed by atoms with Gasteiger partial charge in [0.05, 0.1) is 11.1 Å². The lowest BCUT2D eigenvalue weighted by atomic mass is 10.0. The Morgan fingerprint density at radius 1 is 1.03 bits per heavy atom. The number of ether oxygens (including phenoxy) is 1. The number of nitrogens with one attached hydrogen (secondary N) is 1. The first kappa shape index (κ1) is 20.2. The highest BCUT2D eigenvalue weighted by molar-refractivity contribution is 5.98. The van der Waals surface area contributed by atoms with E-state index in [2.05, 4.69) is 15.4 Å². The predicted octanol–water partition coefficient (Wildman–Crippen LogP) is 1.77. The number of para-hydroxylation sites is 1. The molecule has 2 saturated heterocycles. The summed E-state index contributed by atoms with van der Waals surface area (Å²) in [5, 5.41) is 10.5. The summed E-state index contributed by atoms with van der Waals surface area (Å²) in [5.41, 5.74) is 2.52. The van der Waals surface area contributed by atoms with Crippen molar-refractivity contribution in [1.82, 2.24) is 25.2 Å². The van der Waals surface area contributed by atoms with Gasteiger partial charge in [0, 0.05) is 43.6 Å². The molecule has 9 nitrogen and oxygen atoms in total. The molecular weight excluding hydrogens is 410 g/mol. The molecule has 5 rings (SSSR count). The van der Waals surface area contributed by atoms with Crippen LogP contribution < -0.4 is 4.74 Å². The van der Waals surface area contributed by atoms with E-state index in [0.717, 1.165) is 5.52 Å². The highest BCUT2D eigenvalue weighted by Gasteiger charge is 2.43. The number of H-pyrrole nitrogens is 1. The van der Waals surface area contributed by atoms with Gasteiger partial charge >= 0.3 is 0 Å². The van der Waals surface area contributed by atoms with Crippen molar-refractivity contribution >= 4 is 28.6 Å². The van der Waals surface area contributed by atoms with Gasteiger partial charge in [0.2, 0.25) is 0 Å². The molecule has 1 aromatic heterocycles. The summed E-state index contributed by atoms with van der Waals surface area (Å²) in [4.78, 5) is 41.0. The Morgan fingerprint density at radius 3 is 2.50 bits per heavy atom. The highest BCUT2D eigenvalue weighted by Crippen LogP contribution is 2.32. The minimum absolute atomic E-state index is 0.0219. The number of likely N-dealkylation sites (tertiary alicyclic amines) is 2. The number of Topliss-reactive ketones (excluding diaryl/α,β-unsaturated/α-hetero) is 1. The number of carbonyl (C=O) groups excluding carboxylic acids is 3. The topological polar surface area (TPSA) is 108 Å². The third kappa shape index (κ3) is 3.70. The number of amides is 2. The van der Waals surface area contributed by atoms with E-state index >= 15 is 0 Å². The molecule has 2 aliphatic rings. The number of ketones is 1. The van der Waals surface area contributed by atoms with Gasteiger partial charge in [0.15, 0.2) is 12.4 Å². The number of rotatable bonds is 5. The molecule has 164 valence electrons. The second kappa shape index (κ2) is 8.07. The molecule has 9 heteroatoms. The fraction of sp³-hybridized carbons (Fsp3) is 0.348. The van der Waals surface area contributed by atoms with Crippen LogP contribution in [0.5, 0.6) is 5.75 Å². The first-order chi connectivity index (χ1) is 15.5. The van der Waals surface area contributed by atoms with Gasteiger partial charge in [-0.2, -0.15) is 0 Å². The zero-order chi connectivity index (χ0) is 22.2. The minimum atomic E-state index is -0.107. The first-order valence-corrected chi connectivity index (χ1v) is 10.6. The minimum Gasteiger partial charge on any atom is -0.483 e. The number of aromatic amines is 1. The molecule has 0 bridgehead atoms. The highest BCUT2D eigenvalue weighted by atomic mass is 16.5. The van der Waals surface area contributed by atoms with Crippen LogP contribution in [0.2, 0.25) is 0 Å². The van der Waals surface area contributed by atoms with Gasteiger partial charge in [0.1, 0.15) is 11.3 Å². The number of nitrogens with zero attached hydrogens (tertiary/aromatic N) is 4. The Balaban J connectivity index is 1.17. The fourth-order valence-electron chi connectivity index (χ4n) is 4.63. The molecule has 2 amide bonds. The van der Waals surface area contributed by atoms with E-state index in [-0.39, 0.29) is 36.0 Å². The average molecular weight is 433 g/mol. The lowest BCUT2D eigenvalue weighted by molar-refractivity contribution is -0.132. The largest absolute Gasteiger partial charge is 0.483 e. The summed E-state index contributed by atoms with van der Waals surface area (Å²) in [5.74, 6) is 0.703. The maximum atomic E-state index is 12.9. The summed E-state index contributed by atoms with van der Waals surface area (Å²) >= 11 is 0. The molecule has 2 aromatic carbocycles. The molecule has 3 heterocycles. The van der Waals surface area contributed by atoms with Crippen molar-refractivity contribution in [2.45, 2.75) is 6.92 Å². The molecule has 0 saturated carbocycles. The molecular formula is C23H23N5O4.